The maximum atomic E-state index is 5.98. The molecule has 1 N–H and O–H groups in total. The molecule has 0 saturated heterocycles. The van der Waals surface area contributed by atoms with Crippen LogP contribution in [0.1, 0.15) is 58.3 Å². The summed E-state index contributed by atoms with van der Waals surface area (Å²) in [7, 11) is 1.92. The summed E-state index contributed by atoms with van der Waals surface area (Å²) in [6.45, 7) is 3.39. The molecule has 2 nitrogen and oxygen atoms in total. The van der Waals surface area contributed by atoms with Crippen LogP contribution in [0.2, 0.25) is 0 Å². The molecule has 0 aromatic carbocycles. The third-order valence-electron chi connectivity index (χ3n) is 4.38. The Morgan fingerprint density at radius 1 is 1.25 bits per heavy atom. The SMILES string of the molecule is CCCNC(C1CC1)C1(OC)CCCCC1. The highest BCUT2D eigenvalue weighted by molar-refractivity contribution is 5.02. The van der Waals surface area contributed by atoms with Gasteiger partial charge in [0.25, 0.3) is 0 Å². The van der Waals surface area contributed by atoms with E-state index in [-0.39, 0.29) is 5.60 Å². The molecule has 2 fully saturated rings. The fraction of sp³-hybridized carbons (Fsp3) is 1.00. The van der Waals surface area contributed by atoms with Crippen molar-refractivity contribution in [2.75, 3.05) is 13.7 Å². The van der Waals surface area contributed by atoms with Crippen molar-refractivity contribution in [3.05, 3.63) is 0 Å². The van der Waals surface area contributed by atoms with Gasteiger partial charge in [-0.2, -0.15) is 0 Å². The summed E-state index contributed by atoms with van der Waals surface area (Å²) in [5.41, 5.74) is 0.161. The highest BCUT2D eigenvalue weighted by Crippen LogP contribution is 2.44. The second-order valence-corrected chi connectivity index (χ2v) is 5.60. The van der Waals surface area contributed by atoms with Crippen molar-refractivity contribution in [2.24, 2.45) is 5.92 Å². The fourth-order valence-corrected chi connectivity index (χ4v) is 3.30. The molecule has 0 aromatic heterocycles. The molecule has 0 heterocycles. The summed E-state index contributed by atoms with van der Waals surface area (Å²) < 4.78 is 5.98. The zero-order valence-corrected chi connectivity index (χ0v) is 10.9. The van der Waals surface area contributed by atoms with Gasteiger partial charge in [-0.25, -0.2) is 0 Å². The first-order valence-corrected chi connectivity index (χ1v) is 7.11. The molecule has 0 aromatic rings. The molecule has 2 aliphatic rings. The van der Waals surface area contributed by atoms with Crippen LogP contribution in [0.15, 0.2) is 0 Å². The van der Waals surface area contributed by atoms with Gasteiger partial charge in [-0.1, -0.05) is 26.2 Å². The van der Waals surface area contributed by atoms with Crippen LogP contribution < -0.4 is 5.32 Å². The van der Waals surface area contributed by atoms with Gasteiger partial charge in [0.15, 0.2) is 0 Å². The standard InChI is InChI=1S/C14H27NO/c1-3-11-15-13(12-7-8-12)14(16-2)9-5-4-6-10-14/h12-13,15H,3-11H2,1-2H3. The Hall–Kier alpha value is -0.0800. The molecular formula is C14H27NO. The largest absolute Gasteiger partial charge is 0.377 e. The minimum absolute atomic E-state index is 0.161. The van der Waals surface area contributed by atoms with Crippen molar-refractivity contribution in [1.82, 2.24) is 5.32 Å². The summed E-state index contributed by atoms with van der Waals surface area (Å²) in [5.74, 6) is 0.893. The van der Waals surface area contributed by atoms with E-state index in [1.807, 2.05) is 7.11 Å². The number of hydrogen-bond donors (Lipinski definition) is 1. The summed E-state index contributed by atoms with van der Waals surface area (Å²) in [6, 6.07) is 0.623. The molecule has 0 bridgehead atoms. The Labute approximate surface area is 100 Å². The molecule has 1 unspecified atom stereocenters. The van der Waals surface area contributed by atoms with Crippen LogP contribution in [0.25, 0.3) is 0 Å². The predicted molar refractivity (Wildman–Crippen MR) is 67.6 cm³/mol. The van der Waals surface area contributed by atoms with E-state index in [0.29, 0.717) is 6.04 Å². The summed E-state index contributed by atoms with van der Waals surface area (Å²) in [4.78, 5) is 0. The number of ether oxygens (including phenoxy) is 1. The van der Waals surface area contributed by atoms with Gasteiger partial charge in [0.1, 0.15) is 0 Å². The van der Waals surface area contributed by atoms with Crippen LogP contribution in [0.4, 0.5) is 0 Å². The fourth-order valence-electron chi connectivity index (χ4n) is 3.30. The van der Waals surface area contributed by atoms with Gasteiger partial charge >= 0.3 is 0 Å². The van der Waals surface area contributed by atoms with Crippen LogP contribution in [0.3, 0.4) is 0 Å². The number of nitrogens with one attached hydrogen (secondary N) is 1. The lowest BCUT2D eigenvalue weighted by molar-refractivity contribution is -0.0727. The van der Waals surface area contributed by atoms with Crippen molar-refractivity contribution in [3.8, 4) is 0 Å². The maximum absolute atomic E-state index is 5.98. The van der Waals surface area contributed by atoms with Gasteiger partial charge in [0.05, 0.1) is 5.60 Å². The normalized spacial score (nSPS) is 26.6. The van der Waals surface area contributed by atoms with Gasteiger partial charge in [0, 0.05) is 13.2 Å². The second-order valence-electron chi connectivity index (χ2n) is 5.60. The van der Waals surface area contributed by atoms with Gasteiger partial charge in [-0.05, 0) is 44.6 Å². The monoisotopic (exact) mass is 225 g/mol. The highest BCUT2D eigenvalue weighted by atomic mass is 16.5. The zero-order valence-electron chi connectivity index (χ0n) is 10.9. The van der Waals surface area contributed by atoms with Gasteiger partial charge in [-0.15, -0.1) is 0 Å². The van der Waals surface area contributed by atoms with E-state index in [1.165, 1.54) is 51.4 Å². The molecule has 2 rings (SSSR count). The lowest BCUT2D eigenvalue weighted by atomic mass is 9.77. The van der Waals surface area contributed by atoms with Crippen LogP contribution in [-0.2, 0) is 4.74 Å². The Balaban J connectivity index is 2.01. The smallest absolute Gasteiger partial charge is 0.0833 e. The Morgan fingerprint density at radius 3 is 2.44 bits per heavy atom. The van der Waals surface area contributed by atoms with E-state index < -0.39 is 0 Å². The molecule has 94 valence electrons. The summed E-state index contributed by atoms with van der Waals surface area (Å²) in [5, 5.41) is 3.77. The quantitative estimate of drug-likeness (QED) is 0.750. The molecule has 2 saturated carbocycles. The number of rotatable bonds is 6. The van der Waals surface area contributed by atoms with E-state index in [2.05, 4.69) is 12.2 Å². The molecule has 2 aliphatic carbocycles. The average molecular weight is 225 g/mol. The Kier molecular flexibility index (Phi) is 4.26. The van der Waals surface area contributed by atoms with Gasteiger partial charge in [0.2, 0.25) is 0 Å². The molecule has 0 aliphatic heterocycles. The van der Waals surface area contributed by atoms with Gasteiger partial charge in [-0.3, -0.25) is 0 Å². The molecule has 2 heteroatoms. The third kappa shape index (κ3) is 2.60. The van der Waals surface area contributed by atoms with Crippen molar-refractivity contribution in [1.29, 1.82) is 0 Å². The van der Waals surface area contributed by atoms with E-state index in [9.17, 15) is 0 Å². The third-order valence-corrected chi connectivity index (χ3v) is 4.38. The van der Waals surface area contributed by atoms with Crippen molar-refractivity contribution >= 4 is 0 Å². The van der Waals surface area contributed by atoms with Crippen LogP contribution >= 0.6 is 0 Å². The minimum atomic E-state index is 0.161. The van der Waals surface area contributed by atoms with Crippen LogP contribution in [-0.4, -0.2) is 25.3 Å². The van der Waals surface area contributed by atoms with E-state index >= 15 is 0 Å². The first-order chi connectivity index (χ1) is 7.82. The molecule has 0 radical (unpaired) electrons. The zero-order chi connectivity index (χ0) is 11.4. The van der Waals surface area contributed by atoms with Crippen LogP contribution in [0, 0.1) is 5.92 Å². The maximum Gasteiger partial charge on any atom is 0.0833 e. The Morgan fingerprint density at radius 2 is 1.94 bits per heavy atom. The predicted octanol–water partition coefficient (Wildman–Crippen LogP) is 3.11. The second kappa shape index (κ2) is 5.50. The first-order valence-electron chi connectivity index (χ1n) is 7.11. The Bertz CT molecular complexity index is 207. The lowest BCUT2D eigenvalue weighted by Gasteiger charge is -2.43. The molecular weight excluding hydrogens is 198 g/mol. The topological polar surface area (TPSA) is 21.3 Å². The number of methoxy groups -OCH3 is 1. The molecule has 0 amide bonds. The average Bonchev–Trinajstić information content (AvgIpc) is 3.15. The van der Waals surface area contributed by atoms with Crippen molar-refractivity contribution < 1.29 is 4.74 Å². The van der Waals surface area contributed by atoms with Crippen molar-refractivity contribution in [3.63, 3.8) is 0 Å². The summed E-state index contributed by atoms with van der Waals surface area (Å²) in [6.07, 6.45) is 10.7. The van der Waals surface area contributed by atoms with Crippen LogP contribution in [0.5, 0.6) is 0 Å². The van der Waals surface area contributed by atoms with E-state index in [1.54, 1.807) is 0 Å². The molecule has 1 atom stereocenters. The first kappa shape index (κ1) is 12.4. The highest BCUT2D eigenvalue weighted by Gasteiger charge is 2.46. The minimum Gasteiger partial charge on any atom is -0.377 e. The number of hydrogen-bond acceptors (Lipinski definition) is 2. The van der Waals surface area contributed by atoms with Crippen molar-refractivity contribution in [2.45, 2.75) is 69.9 Å². The lowest BCUT2D eigenvalue weighted by Crippen LogP contribution is -2.54. The van der Waals surface area contributed by atoms with E-state index in [0.717, 1.165) is 12.5 Å². The molecule has 0 spiro atoms. The van der Waals surface area contributed by atoms with Gasteiger partial charge < -0.3 is 10.1 Å². The summed E-state index contributed by atoms with van der Waals surface area (Å²) >= 11 is 0. The molecule has 16 heavy (non-hydrogen) atoms. The van der Waals surface area contributed by atoms with E-state index in [4.69, 9.17) is 4.74 Å².